The minimum Gasteiger partial charge on any atom is -0.425 e. The number of fused-ring (bicyclic) bond motifs is 3. The van der Waals surface area contributed by atoms with E-state index < -0.39 is 17.7 Å². The molecule has 1 aliphatic heterocycles. The first kappa shape index (κ1) is 13.7. The van der Waals surface area contributed by atoms with E-state index in [4.69, 9.17) is 4.74 Å². The summed E-state index contributed by atoms with van der Waals surface area (Å²) in [5.41, 5.74) is 0.845. The molecule has 1 atom stereocenters. The predicted octanol–water partition coefficient (Wildman–Crippen LogP) is 3.11. The van der Waals surface area contributed by atoms with Gasteiger partial charge in [0.15, 0.2) is 0 Å². The van der Waals surface area contributed by atoms with Crippen molar-refractivity contribution in [3.8, 4) is 5.75 Å². The van der Waals surface area contributed by atoms with Crippen molar-refractivity contribution in [3.05, 3.63) is 75.8 Å². The molecule has 1 aromatic heterocycles. The van der Waals surface area contributed by atoms with Crippen molar-refractivity contribution in [2.24, 2.45) is 0 Å². The summed E-state index contributed by atoms with van der Waals surface area (Å²) in [4.78, 5) is 27.3. The Labute approximate surface area is 130 Å². The Morgan fingerprint density at radius 2 is 1.78 bits per heavy atom. The van der Waals surface area contributed by atoms with E-state index in [2.05, 4.69) is 4.98 Å². The Hall–Kier alpha value is -2.95. The van der Waals surface area contributed by atoms with Gasteiger partial charge in [0.05, 0.1) is 17.5 Å². The molecule has 0 spiro atoms. The number of aromatic amines is 1. The summed E-state index contributed by atoms with van der Waals surface area (Å²) in [5.74, 6) is -1.33. The Morgan fingerprint density at radius 1 is 1.04 bits per heavy atom. The predicted molar refractivity (Wildman–Crippen MR) is 83.1 cm³/mol. The standard InChI is InChI=1S/C18H12FNO3/c19-13-7-3-1-5-10(13)12-9-15(21)23-17-11-6-2-4-8-14(11)20-18(22)16(12)17/h1-8,12H,9H2,(H,20,22)/t12-/m0/s1. The van der Waals surface area contributed by atoms with Gasteiger partial charge in [-0.3, -0.25) is 9.59 Å². The van der Waals surface area contributed by atoms with E-state index in [9.17, 15) is 14.0 Å². The van der Waals surface area contributed by atoms with Crippen molar-refractivity contribution < 1.29 is 13.9 Å². The summed E-state index contributed by atoms with van der Waals surface area (Å²) in [7, 11) is 0. The molecular weight excluding hydrogens is 297 g/mol. The second-order valence-electron chi connectivity index (χ2n) is 5.49. The first-order valence-corrected chi connectivity index (χ1v) is 7.25. The third kappa shape index (κ3) is 2.12. The molecule has 1 aliphatic rings. The maximum atomic E-state index is 14.2. The van der Waals surface area contributed by atoms with Crippen molar-refractivity contribution in [2.75, 3.05) is 0 Å². The van der Waals surface area contributed by atoms with Crippen LogP contribution in [0, 0.1) is 5.82 Å². The van der Waals surface area contributed by atoms with Crippen molar-refractivity contribution in [3.63, 3.8) is 0 Å². The molecule has 2 heterocycles. The monoisotopic (exact) mass is 309 g/mol. The van der Waals surface area contributed by atoms with Gasteiger partial charge in [-0.25, -0.2) is 4.39 Å². The largest absolute Gasteiger partial charge is 0.425 e. The smallest absolute Gasteiger partial charge is 0.312 e. The Balaban J connectivity index is 2.05. The summed E-state index contributed by atoms with van der Waals surface area (Å²) >= 11 is 0. The number of para-hydroxylation sites is 1. The number of pyridine rings is 1. The fourth-order valence-corrected chi connectivity index (χ4v) is 3.10. The van der Waals surface area contributed by atoms with Gasteiger partial charge in [0, 0.05) is 11.3 Å². The van der Waals surface area contributed by atoms with Gasteiger partial charge < -0.3 is 9.72 Å². The van der Waals surface area contributed by atoms with Gasteiger partial charge in [-0.05, 0) is 23.8 Å². The van der Waals surface area contributed by atoms with Crippen LogP contribution in [-0.4, -0.2) is 11.0 Å². The SMILES string of the molecule is O=C1C[C@@H](c2ccccc2F)c2c(c3ccccc3[nH]c2=O)O1. The van der Waals surface area contributed by atoms with Gasteiger partial charge in [0.25, 0.3) is 5.56 Å². The quantitative estimate of drug-likeness (QED) is 0.703. The van der Waals surface area contributed by atoms with Crippen LogP contribution in [0.25, 0.3) is 10.9 Å². The number of carbonyl (C=O) groups is 1. The number of hydrogen-bond acceptors (Lipinski definition) is 3. The first-order valence-electron chi connectivity index (χ1n) is 7.25. The second-order valence-corrected chi connectivity index (χ2v) is 5.49. The van der Waals surface area contributed by atoms with E-state index in [1.54, 1.807) is 42.5 Å². The lowest BCUT2D eigenvalue weighted by Crippen LogP contribution is -2.28. The molecule has 0 radical (unpaired) electrons. The van der Waals surface area contributed by atoms with Crippen molar-refractivity contribution >= 4 is 16.9 Å². The highest BCUT2D eigenvalue weighted by molar-refractivity contribution is 5.91. The van der Waals surface area contributed by atoms with Gasteiger partial charge in [0.1, 0.15) is 11.6 Å². The van der Waals surface area contributed by atoms with Gasteiger partial charge in [0.2, 0.25) is 0 Å². The normalized spacial score (nSPS) is 16.9. The third-order valence-electron chi connectivity index (χ3n) is 4.12. The zero-order valence-corrected chi connectivity index (χ0v) is 12.0. The number of esters is 1. The number of hydrogen-bond donors (Lipinski definition) is 1. The van der Waals surface area contributed by atoms with E-state index >= 15 is 0 Å². The van der Waals surface area contributed by atoms with Crippen LogP contribution in [0.2, 0.25) is 0 Å². The lowest BCUT2D eigenvalue weighted by molar-refractivity contribution is -0.135. The number of aromatic nitrogens is 1. The number of carbonyl (C=O) groups excluding carboxylic acids is 1. The van der Waals surface area contributed by atoms with E-state index in [0.29, 0.717) is 22.0 Å². The van der Waals surface area contributed by atoms with Crippen LogP contribution in [0.1, 0.15) is 23.5 Å². The number of benzene rings is 2. The van der Waals surface area contributed by atoms with E-state index in [0.717, 1.165) is 0 Å². The molecule has 4 nitrogen and oxygen atoms in total. The molecule has 0 amide bonds. The Morgan fingerprint density at radius 3 is 2.61 bits per heavy atom. The highest BCUT2D eigenvalue weighted by Gasteiger charge is 2.33. The van der Waals surface area contributed by atoms with Crippen molar-refractivity contribution in [1.82, 2.24) is 4.98 Å². The zero-order valence-electron chi connectivity index (χ0n) is 12.0. The first-order chi connectivity index (χ1) is 11.1. The highest BCUT2D eigenvalue weighted by atomic mass is 19.1. The maximum absolute atomic E-state index is 14.2. The number of ether oxygens (including phenoxy) is 1. The number of halogens is 1. The Kier molecular flexibility index (Phi) is 3.01. The van der Waals surface area contributed by atoms with Crippen molar-refractivity contribution in [2.45, 2.75) is 12.3 Å². The molecule has 2 aromatic carbocycles. The van der Waals surface area contributed by atoms with E-state index in [1.165, 1.54) is 6.07 Å². The average molecular weight is 309 g/mol. The molecule has 0 aliphatic carbocycles. The maximum Gasteiger partial charge on any atom is 0.312 e. The van der Waals surface area contributed by atoms with Crippen LogP contribution >= 0.6 is 0 Å². The second kappa shape index (κ2) is 5.05. The molecule has 3 aromatic rings. The van der Waals surface area contributed by atoms with E-state index in [-0.39, 0.29) is 17.7 Å². The minimum absolute atomic E-state index is 0.0602. The van der Waals surface area contributed by atoms with Gasteiger partial charge in [-0.2, -0.15) is 0 Å². The molecule has 114 valence electrons. The summed E-state index contributed by atoms with van der Waals surface area (Å²) in [6, 6.07) is 13.3. The molecule has 4 rings (SSSR count). The van der Waals surface area contributed by atoms with Gasteiger partial charge in [-0.1, -0.05) is 30.3 Å². The van der Waals surface area contributed by atoms with Gasteiger partial charge in [-0.15, -0.1) is 0 Å². The van der Waals surface area contributed by atoms with E-state index in [1.807, 2.05) is 0 Å². The molecule has 23 heavy (non-hydrogen) atoms. The summed E-state index contributed by atoms with van der Waals surface area (Å²) in [5, 5.41) is 0.636. The lowest BCUT2D eigenvalue weighted by Gasteiger charge is -2.25. The van der Waals surface area contributed by atoms with Crippen LogP contribution in [0.15, 0.2) is 53.3 Å². The topological polar surface area (TPSA) is 59.2 Å². The van der Waals surface area contributed by atoms with Crippen molar-refractivity contribution in [1.29, 1.82) is 0 Å². The zero-order chi connectivity index (χ0) is 16.0. The fourth-order valence-electron chi connectivity index (χ4n) is 3.10. The summed E-state index contributed by atoms with van der Waals surface area (Å²) < 4.78 is 19.5. The number of rotatable bonds is 1. The fraction of sp³-hybridized carbons (Fsp3) is 0.111. The number of H-pyrrole nitrogens is 1. The molecule has 1 N–H and O–H groups in total. The van der Waals surface area contributed by atoms with Crippen LogP contribution < -0.4 is 10.3 Å². The summed E-state index contributed by atoms with van der Waals surface area (Å²) in [6.45, 7) is 0. The van der Waals surface area contributed by atoms with Crippen LogP contribution in [-0.2, 0) is 4.79 Å². The third-order valence-corrected chi connectivity index (χ3v) is 4.12. The summed E-state index contributed by atoms with van der Waals surface area (Å²) in [6.07, 6.45) is -0.0602. The molecule has 0 bridgehead atoms. The Bertz CT molecular complexity index is 993. The molecule has 0 unspecified atom stereocenters. The number of nitrogens with one attached hydrogen (secondary N) is 1. The van der Waals surface area contributed by atoms with Crippen LogP contribution in [0.5, 0.6) is 5.75 Å². The molecule has 0 fully saturated rings. The highest BCUT2D eigenvalue weighted by Crippen LogP contribution is 2.40. The molecule has 0 saturated heterocycles. The van der Waals surface area contributed by atoms with Gasteiger partial charge >= 0.3 is 5.97 Å². The minimum atomic E-state index is -0.652. The van der Waals surface area contributed by atoms with Crippen LogP contribution in [0.3, 0.4) is 0 Å². The average Bonchev–Trinajstić information content (AvgIpc) is 2.54. The molecule has 5 heteroatoms. The molecule has 0 saturated carbocycles. The molecular formula is C18H12FNO3. The van der Waals surface area contributed by atoms with Crippen LogP contribution in [0.4, 0.5) is 4.39 Å². The lowest BCUT2D eigenvalue weighted by atomic mass is 9.86.